The molecule has 0 amide bonds. The van der Waals surface area contributed by atoms with Crippen molar-refractivity contribution in [2.45, 2.75) is 0 Å². The van der Waals surface area contributed by atoms with Crippen LogP contribution in [0.5, 0.6) is 0 Å². The van der Waals surface area contributed by atoms with Crippen molar-refractivity contribution in [1.29, 1.82) is 0 Å². The lowest BCUT2D eigenvalue weighted by Gasteiger charge is -2.24. The summed E-state index contributed by atoms with van der Waals surface area (Å²) < 4.78 is 2.78. The summed E-state index contributed by atoms with van der Waals surface area (Å²) in [6, 6.07) is 4.96. The van der Waals surface area contributed by atoms with Crippen molar-refractivity contribution in [2.75, 3.05) is 8.84 Å². The third-order valence-electron chi connectivity index (χ3n) is 1.88. The van der Waals surface area contributed by atoms with Gasteiger partial charge in [-0.05, 0) is 18.2 Å². The molecule has 1 radical (unpaired) electrons. The van der Waals surface area contributed by atoms with E-state index in [0.717, 1.165) is 5.69 Å². The zero-order valence-corrected chi connectivity index (χ0v) is 8.46. The number of halogens is 2. The minimum atomic E-state index is 0.440. The molecule has 0 unspecified atom stereocenters. The molecule has 0 aliphatic carbocycles. The van der Waals surface area contributed by atoms with Gasteiger partial charge in [0.25, 0.3) is 0 Å². The molecule has 1 aromatic rings. The van der Waals surface area contributed by atoms with Crippen molar-refractivity contribution in [1.82, 2.24) is 0 Å². The highest BCUT2D eigenvalue weighted by molar-refractivity contribution is 6.32. The average Bonchev–Trinajstić information content (AvgIpc) is 2.23. The van der Waals surface area contributed by atoms with Crippen LogP contribution in [0.15, 0.2) is 30.6 Å². The molecule has 3 nitrogen and oxygen atoms in total. The Balaban J connectivity index is 2.54. The number of hydrogen-bond donors (Lipinski definition) is 0. The number of fused-ring (bicyclic) bond motifs is 1. The molecule has 0 aromatic heterocycles. The summed E-state index contributed by atoms with van der Waals surface area (Å²) in [5.74, 6) is 0. The van der Waals surface area contributed by atoms with E-state index in [2.05, 4.69) is 0 Å². The smallest absolute Gasteiger partial charge is 0.233 e. The lowest BCUT2D eigenvalue weighted by atomic mass is 10.1. The van der Waals surface area contributed by atoms with Crippen molar-refractivity contribution >= 4 is 41.2 Å². The lowest BCUT2D eigenvalue weighted by molar-refractivity contribution is 0.563. The van der Waals surface area contributed by atoms with E-state index < -0.39 is 0 Å². The summed E-state index contributed by atoms with van der Waals surface area (Å²) in [5.41, 5.74) is 1.82. The molecule has 1 aliphatic heterocycles. The molecule has 0 N–H and O–H groups in total. The maximum atomic E-state index is 10.4. The second-order valence-corrected chi connectivity index (χ2v) is 3.45. The number of anilines is 2. The Kier molecular flexibility index (Phi) is 2.35. The third kappa shape index (κ3) is 1.45. The van der Waals surface area contributed by atoms with Gasteiger partial charge in [-0.2, -0.15) is 0 Å². The van der Waals surface area contributed by atoms with Crippen LogP contribution in [0.3, 0.4) is 0 Å². The van der Waals surface area contributed by atoms with E-state index in [1.165, 1.54) is 8.84 Å². The predicted molar refractivity (Wildman–Crippen MR) is 57.0 cm³/mol. The van der Waals surface area contributed by atoms with Gasteiger partial charge in [0.2, 0.25) is 6.29 Å². The summed E-state index contributed by atoms with van der Waals surface area (Å²) in [6.45, 7) is 0. The highest BCUT2D eigenvalue weighted by Gasteiger charge is 2.16. The quantitative estimate of drug-likeness (QED) is 0.690. The first kappa shape index (κ1) is 9.37. The fourth-order valence-corrected chi connectivity index (χ4v) is 1.60. The lowest BCUT2D eigenvalue weighted by Crippen LogP contribution is -2.14. The first-order chi connectivity index (χ1) is 6.72. The number of carbonyl (C=O) groups excluding carboxylic acids is 1. The van der Waals surface area contributed by atoms with Gasteiger partial charge in [0.1, 0.15) is 0 Å². The largest absolute Gasteiger partial charge is 0.285 e. The molecule has 14 heavy (non-hydrogen) atoms. The fraction of sp³-hybridized carbons (Fsp3) is 0. The van der Waals surface area contributed by atoms with Crippen LogP contribution in [0.2, 0.25) is 0 Å². The molecule has 1 heterocycles. The summed E-state index contributed by atoms with van der Waals surface area (Å²) in [7, 11) is 0. The zero-order chi connectivity index (χ0) is 10.1. The third-order valence-corrected chi connectivity index (χ3v) is 2.47. The first-order valence-corrected chi connectivity index (χ1v) is 4.50. The Morgan fingerprint density at radius 2 is 1.71 bits per heavy atom. The maximum absolute atomic E-state index is 10.4. The van der Waals surface area contributed by atoms with Crippen molar-refractivity contribution in [3.05, 3.63) is 36.2 Å². The summed E-state index contributed by atoms with van der Waals surface area (Å²) in [4.78, 5) is 10.4. The fourth-order valence-electron chi connectivity index (χ4n) is 1.22. The highest BCUT2D eigenvalue weighted by Crippen LogP contribution is 2.36. The number of hydrogen-bond acceptors (Lipinski definition) is 3. The SMILES string of the molecule is O=[C]c1ccc2c(c1)N(Cl)C=CN2Cl. The van der Waals surface area contributed by atoms with Crippen LogP contribution in [0.4, 0.5) is 11.4 Å². The molecular weight excluding hydrogens is 223 g/mol. The average molecular weight is 228 g/mol. The van der Waals surface area contributed by atoms with Crippen molar-refractivity contribution in [3.63, 3.8) is 0 Å². The molecule has 1 aromatic carbocycles. The molecule has 0 saturated carbocycles. The van der Waals surface area contributed by atoms with E-state index >= 15 is 0 Å². The van der Waals surface area contributed by atoms with E-state index in [1.807, 2.05) is 0 Å². The monoisotopic (exact) mass is 227 g/mol. The molecule has 0 atom stereocenters. The molecule has 0 bridgehead atoms. The van der Waals surface area contributed by atoms with Gasteiger partial charge in [-0.25, -0.2) is 0 Å². The van der Waals surface area contributed by atoms with E-state index in [4.69, 9.17) is 23.6 Å². The maximum Gasteiger partial charge on any atom is 0.233 e. The van der Waals surface area contributed by atoms with Crippen LogP contribution in [-0.4, -0.2) is 6.29 Å². The second kappa shape index (κ2) is 3.52. The van der Waals surface area contributed by atoms with Crippen LogP contribution in [0, 0.1) is 0 Å². The molecule has 0 spiro atoms. The van der Waals surface area contributed by atoms with Gasteiger partial charge in [0.15, 0.2) is 0 Å². The molecule has 0 saturated heterocycles. The Morgan fingerprint density at radius 3 is 2.36 bits per heavy atom. The summed E-state index contributed by atoms with van der Waals surface area (Å²) in [5, 5.41) is 0. The molecule has 2 rings (SSSR count). The minimum Gasteiger partial charge on any atom is -0.285 e. The van der Waals surface area contributed by atoms with Crippen molar-refractivity contribution in [2.24, 2.45) is 0 Å². The van der Waals surface area contributed by atoms with Gasteiger partial charge in [-0.3, -0.25) is 13.6 Å². The Hall–Kier alpha value is -1.19. The summed E-state index contributed by atoms with van der Waals surface area (Å²) >= 11 is 11.7. The van der Waals surface area contributed by atoms with Crippen LogP contribution < -0.4 is 8.84 Å². The number of nitrogens with zero attached hydrogens (tertiary/aromatic N) is 2. The van der Waals surface area contributed by atoms with Crippen LogP contribution >= 0.6 is 23.6 Å². The van der Waals surface area contributed by atoms with Gasteiger partial charge in [0.05, 0.1) is 11.4 Å². The number of benzene rings is 1. The first-order valence-electron chi connectivity index (χ1n) is 3.83. The standard InChI is InChI=1S/C9H5Cl2N2O/c10-12-3-4-13(11)9-5-7(6-14)1-2-8(9)12/h1-5H. The van der Waals surface area contributed by atoms with Crippen LogP contribution in [-0.2, 0) is 4.79 Å². The van der Waals surface area contributed by atoms with E-state index in [1.54, 1.807) is 36.9 Å². The Labute approximate surface area is 91.3 Å². The molecule has 5 heteroatoms. The van der Waals surface area contributed by atoms with Gasteiger partial charge in [-0.15, -0.1) is 0 Å². The predicted octanol–water partition coefficient (Wildman–Crippen LogP) is 2.55. The Morgan fingerprint density at radius 1 is 1.07 bits per heavy atom. The molecule has 0 fully saturated rings. The van der Waals surface area contributed by atoms with E-state index in [0.29, 0.717) is 11.3 Å². The highest BCUT2D eigenvalue weighted by atomic mass is 35.5. The van der Waals surface area contributed by atoms with Gasteiger partial charge < -0.3 is 0 Å². The van der Waals surface area contributed by atoms with Gasteiger partial charge in [-0.1, -0.05) is 0 Å². The zero-order valence-electron chi connectivity index (χ0n) is 6.95. The molecule has 71 valence electrons. The van der Waals surface area contributed by atoms with Crippen molar-refractivity contribution < 1.29 is 4.79 Å². The summed E-state index contributed by atoms with van der Waals surface area (Å²) in [6.07, 6.45) is 4.99. The van der Waals surface area contributed by atoms with E-state index in [9.17, 15) is 4.79 Å². The van der Waals surface area contributed by atoms with Crippen LogP contribution in [0.25, 0.3) is 0 Å². The molecule has 1 aliphatic rings. The topological polar surface area (TPSA) is 23.6 Å². The number of rotatable bonds is 1. The van der Waals surface area contributed by atoms with Crippen molar-refractivity contribution in [3.8, 4) is 0 Å². The van der Waals surface area contributed by atoms with E-state index in [-0.39, 0.29) is 0 Å². The minimum absolute atomic E-state index is 0.440. The molecular formula is C9H5Cl2N2O. The van der Waals surface area contributed by atoms with Gasteiger partial charge >= 0.3 is 0 Å². The van der Waals surface area contributed by atoms with Gasteiger partial charge in [0, 0.05) is 41.5 Å². The Bertz CT molecular complexity index is 406. The second-order valence-electron chi connectivity index (χ2n) is 2.73. The van der Waals surface area contributed by atoms with Crippen LogP contribution in [0.1, 0.15) is 5.56 Å². The normalized spacial score (nSPS) is 14.1.